The molecule has 1 aliphatic heterocycles. The SMILES string of the molecule is CO[C@@H]1Oc2ccccc2[C@@H](OC)[C@H]1c1ccccc1. The van der Waals surface area contributed by atoms with Crippen LogP contribution < -0.4 is 4.74 Å². The number of methoxy groups -OCH3 is 2. The molecule has 3 nitrogen and oxygen atoms in total. The van der Waals surface area contributed by atoms with Crippen molar-refractivity contribution in [3.05, 3.63) is 65.7 Å². The maximum atomic E-state index is 5.98. The zero-order valence-corrected chi connectivity index (χ0v) is 11.7. The van der Waals surface area contributed by atoms with Crippen LogP contribution in [0.1, 0.15) is 23.1 Å². The van der Waals surface area contributed by atoms with Crippen LogP contribution in [0, 0.1) is 0 Å². The Balaban J connectivity index is 2.07. The zero-order chi connectivity index (χ0) is 13.9. The number of fused-ring (bicyclic) bond motifs is 1. The summed E-state index contributed by atoms with van der Waals surface area (Å²) in [5.41, 5.74) is 2.22. The Morgan fingerprint density at radius 1 is 0.850 bits per heavy atom. The van der Waals surface area contributed by atoms with Crippen molar-refractivity contribution in [2.45, 2.75) is 18.3 Å². The lowest BCUT2D eigenvalue weighted by Gasteiger charge is -2.38. The van der Waals surface area contributed by atoms with Crippen LogP contribution in [0.5, 0.6) is 5.75 Å². The van der Waals surface area contributed by atoms with Crippen LogP contribution >= 0.6 is 0 Å². The number of ether oxygens (including phenoxy) is 3. The van der Waals surface area contributed by atoms with E-state index in [2.05, 4.69) is 12.1 Å². The number of benzene rings is 2. The van der Waals surface area contributed by atoms with E-state index in [0.717, 1.165) is 16.9 Å². The summed E-state index contributed by atoms with van der Waals surface area (Å²) in [4.78, 5) is 0. The lowest BCUT2D eigenvalue weighted by molar-refractivity contribution is -0.119. The van der Waals surface area contributed by atoms with Gasteiger partial charge in [-0.1, -0.05) is 48.5 Å². The molecule has 0 N–H and O–H groups in total. The average Bonchev–Trinajstić information content (AvgIpc) is 2.53. The predicted molar refractivity (Wildman–Crippen MR) is 76.8 cm³/mol. The van der Waals surface area contributed by atoms with Crippen molar-refractivity contribution in [2.75, 3.05) is 14.2 Å². The molecule has 0 fully saturated rings. The zero-order valence-electron chi connectivity index (χ0n) is 11.7. The third-order valence-corrected chi connectivity index (χ3v) is 3.76. The van der Waals surface area contributed by atoms with Crippen LogP contribution in [0.3, 0.4) is 0 Å². The summed E-state index contributed by atoms with van der Waals surface area (Å²) in [6.07, 6.45) is -0.426. The highest BCUT2D eigenvalue weighted by Crippen LogP contribution is 2.45. The van der Waals surface area contributed by atoms with E-state index in [1.54, 1.807) is 14.2 Å². The molecule has 1 heterocycles. The lowest BCUT2D eigenvalue weighted by Crippen LogP contribution is -2.36. The van der Waals surface area contributed by atoms with Gasteiger partial charge in [-0.15, -0.1) is 0 Å². The Kier molecular flexibility index (Phi) is 3.72. The van der Waals surface area contributed by atoms with Gasteiger partial charge in [0.1, 0.15) is 5.75 Å². The van der Waals surface area contributed by atoms with E-state index in [9.17, 15) is 0 Å². The molecule has 0 saturated carbocycles. The second-order valence-electron chi connectivity index (χ2n) is 4.85. The molecule has 1 aliphatic rings. The summed E-state index contributed by atoms with van der Waals surface area (Å²) >= 11 is 0. The van der Waals surface area contributed by atoms with E-state index in [0.29, 0.717) is 0 Å². The van der Waals surface area contributed by atoms with E-state index in [-0.39, 0.29) is 18.3 Å². The van der Waals surface area contributed by atoms with Crippen LogP contribution in [0.2, 0.25) is 0 Å². The molecular weight excluding hydrogens is 252 g/mol. The molecule has 0 aliphatic carbocycles. The second kappa shape index (κ2) is 5.65. The van der Waals surface area contributed by atoms with Gasteiger partial charge in [0.25, 0.3) is 0 Å². The van der Waals surface area contributed by atoms with Gasteiger partial charge < -0.3 is 14.2 Å². The smallest absolute Gasteiger partial charge is 0.209 e. The largest absolute Gasteiger partial charge is 0.464 e. The first-order valence-corrected chi connectivity index (χ1v) is 6.71. The fourth-order valence-corrected chi connectivity index (χ4v) is 2.83. The Labute approximate surface area is 119 Å². The third kappa shape index (κ3) is 2.19. The fraction of sp³-hybridized carbons (Fsp3) is 0.294. The average molecular weight is 270 g/mol. The predicted octanol–water partition coefficient (Wildman–Crippen LogP) is 3.52. The lowest BCUT2D eigenvalue weighted by atomic mass is 9.86. The first kappa shape index (κ1) is 13.2. The highest BCUT2D eigenvalue weighted by atomic mass is 16.7. The van der Waals surface area contributed by atoms with Crippen LogP contribution in [0.25, 0.3) is 0 Å². The van der Waals surface area contributed by atoms with Gasteiger partial charge >= 0.3 is 0 Å². The van der Waals surface area contributed by atoms with Gasteiger partial charge in [-0.2, -0.15) is 0 Å². The first-order valence-electron chi connectivity index (χ1n) is 6.71. The van der Waals surface area contributed by atoms with Gasteiger partial charge in [-0.3, -0.25) is 0 Å². The molecule has 3 rings (SSSR count). The summed E-state index contributed by atoms with van der Waals surface area (Å²) in [5, 5.41) is 0. The second-order valence-corrected chi connectivity index (χ2v) is 4.85. The van der Waals surface area contributed by atoms with E-state index in [1.807, 2.05) is 42.5 Å². The summed E-state index contributed by atoms with van der Waals surface area (Å²) in [6, 6.07) is 18.2. The Hall–Kier alpha value is -1.84. The van der Waals surface area contributed by atoms with Crippen molar-refractivity contribution < 1.29 is 14.2 Å². The molecule has 0 radical (unpaired) electrons. The normalized spacial score (nSPS) is 24.8. The van der Waals surface area contributed by atoms with E-state index in [1.165, 1.54) is 0 Å². The van der Waals surface area contributed by atoms with Crippen LogP contribution in [0.4, 0.5) is 0 Å². The Bertz CT molecular complexity index is 567. The molecule has 0 unspecified atom stereocenters. The molecule has 20 heavy (non-hydrogen) atoms. The number of hydrogen-bond donors (Lipinski definition) is 0. The van der Waals surface area contributed by atoms with Crippen molar-refractivity contribution in [1.82, 2.24) is 0 Å². The molecule has 0 amide bonds. The van der Waals surface area contributed by atoms with Gasteiger partial charge in [-0.05, 0) is 11.6 Å². The highest BCUT2D eigenvalue weighted by molar-refractivity contribution is 5.40. The molecule has 0 saturated heterocycles. The van der Waals surface area contributed by atoms with Gasteiger partial charge in [-0.25, -0.2) is 0 Å². The summed E-state index contributed by atoms with van der Waals surface area (Å²) in [7, 11) is 3.40. The van der Waals surface area contributed by atoms with Crippen molar-refractivity contribution in [1.29, 1.82) is 0 Å². The van der Waals surface area contributed by atoms with Crippen molar-refractivity contribution >= 4 is 0 Å². The minimum atomic E-state index is -0.350. The minimum Gasteiger partial charge on any atom is -0.464 e. The molecule has 0 bridgehead atoms. The summed E-state index contributed by atoms with van der Waals surface area (Å²) < 4.78 is 17.3. The van der Waals surface area contributed by atoms with Crippen LogP contribution in [-0.4, -0.2) is 20.5 Å². The standard InChI is InChI=1S/C17H18O3/c1-18-16-13-10-6-7-11-14(13)20-17(19-2)15(16)12-8-4-3-5-9-12/h3-11,15-17H,1-2H3/t15-,16-,17-/m1/s1. The molecule has 104 valence electrons. The molecule has 3 heteroatoms. The van der Waals surface area contributed by atoms with Crippen LogP contribution in [-0.2, 0) is 9.47 Å². The number of hydrogen-bond acceptors (Lipinski definition) is 3. The van der Waals surface area contributed by atoms with Gasteiger partial charge in [0, 0.05) is 19.8 Å². The molecule has 2 aromatic rings. The van der Waals surface area contributed by atoms with Crippen molar-refractivity contribution in [3.63, 3.8) is 0 Å². The van der Waals surface area contributed by atoms with Crippen LogP contribution in [0.15, 0.2) is 54.6 Å². The maximum Gasteiger partial charge on any atom is 0.209 e. The Morgan fingerprint density at radius 2 is 1.55 bits per heavy atom. The van der Waals surface area contributed by atoms with Gasteiger partial charge in [0.05, 0.1) is 12.0 Å². The third-order valence-electron chi connectivity index (χ3n) is 3.76. The number of para-hydroxylation sites is 1. The van der Waals surface area contributed by atoms with Crippen molar-refractivity contribution in [2.24, 2.45) is 0 Å². The maximum absolute atomic E-state index is 5.98. The highest BCUT2D eigenvalue weighted by Gasteiger charge is 2.39. The monoisotopic (exact) mass is 270 g/mol. The fourth-order valence-electron chi connectivity index (χ4n) is 2.83. The van der Waals surface area contributed by atoms with E-state index >= 15 is 0 Å². The quantitative estimate of drug-likeness (QED) is 0.854. The van der Waals surface area contributed by atoms with E-state index in [4.69, 9.17) is 14.2 Å². The minimum absolute atomic E-state index is 0.0149. The molecule has 2 aromatic carbocycles. The van der Waals surface area contributed by atoms with E-state index < -0.39 is 0 Å². The number of rotatable bonds is 3. The van der Waals surface area contributed by atoms with Gasteiger partial charge in [0.15, 0.2) is 0 Å². The topological polar surface area (TPSA) is 27.7 Å². The molecular formula is C17H18O3. The molecule has 3 atom stereocenters. The summed E-state index contributed by atoms with van der Waals surface area (Å²) in [5.74, 6) is 0.847. The molecule has 0 aromatic heterocycles. The summed E-state index contributed by atoms with van der Waals surface area (Å²) in [6.45, 7) is 0. The van der Waals surface area contributed by atoms with Gasteiger partial charge in [0.2, 0.25) is 6.29 Å². The Morgan fingerprint density at radius 3 is 2.25 bits per heavy atom. The molecule has 0 spiro atoms. The van der Waals surface area contributed by atoms with Crippen molar-refractivity contribution in [3.8, 4) is 5.75 Å². The first-order chi connectivity index (χ1) is 9.85.